The molecule has 0 spiro atoms. The van der Waals surface area contributed by atoms with Crippen molar-refractivity contribution in [3.05, 3.63) is 6.10 Å². The molecule has 6 heavy (non-hydrogen) atoms. The third-order valence-corrected chi connectivity index (χ3v) is 0.640. The average Bonchev–Trinajstić information content (AvgIpc) is 2.21. The van der Waals surface area contributed by atoms with Crippen LogP contribution in [-0.4, -0.2) is 6.47 Å². The SMILES string of the molecule is O=[C]O[C]1CC1. The number of hydrogen-bond acceptors (Lipinski definition) is 2. The van der Waals surface area contributed by atoms with Crippen molar-refractivity contribution in [1.29, 1.82) is 0 Å². The predicted molar refractivity (Wildman–Crippen MR) is 19.3 cm³/mol. The highest BCUT2D eigenvalue weighted by atomic mass is 16.5. The number of carbonyl (C=O) groups excluding carboxylic acids is 1. The van der Waals surface area contributed by atoms with E-state index < -0.39 is 0 Å². The van der Waals surface area contributed by atoms with Gasteiger partial charge in [-0.3, -0.25) is 0 Å². The largest absolute Gasteiger partial charge is 0.446 e. The Morgan fingerprint density at radius 2 is 2.33 bits per heavy atom. The van der Waals surface area contributed by atoms with Gasteiger partial charge in [-0.2, -0.15) is 0 Å². The minimum atomic E-state index is 0.866. The van der Waals surface area contributed by atoms with Gasteiger partial charge in [-0.25, -0.2) is 4.79 Å². The fraction of sp³-hybridized carbons (Fsp3) is 0.500. The molecule has 0 aromatic rings. The fourth-order valence-electron chi connectivity index (χ4n) is 0.212. The van der Waals surface area contributed by atoms with Crippen molar-refractivity contribution >= 4 is 6.47 Å². The first-order valence-corrected chi connectivity index (χ1v) is 1.82. The molecule has 0 saturated heterocycles. The topological polar surface area (TPSA) is 26.3 Å². The predicted octanol–water partition coefficient (Wildman–Crippen LogP) is 0.396. The second-order valence-corrected chi connectivity index (χ2v) is 1.22. The maximum absolute atomic E-state index is 9.29. The maximum atomic E-state index is 9.29. The van der Waals surface area contributed by atoms with Crippen molar-refractivity contribution in [1.82, 2.24) is 0 Å². The second kappa shape index (κ2) is 1.29. The molecule has 32 valence electrons. The standard InChI is InChI=1S/C4H4O2/c5-3-6-4-1-2-4/h1-2H2. The summed E-state index contributed by atoms with van der Waals surface area (Å²) >= 11 is 0. The van der Waals surface area contributed by atoms with Crippen molar-refractivity contribution in [3.8, 4) is 0 Å². The van der Waals surface area contributed by atoms with Crippen LogP contribution in [0.3, 0.4) is 0 Å². The van der Waals surface area contributed by atoms with Gasteiger partial charge >= 0.3 is 6.47 Å². The highest BCUT2D eigenvalue weighted by Crippen LogP contribution is 2.31. The van der Waals surface area contributed by atoms with E-state index in [0.29, 0.717) is 0 Å². The van der Waals surface area contributed by atoms with E-state index in [4.69, 9.17) is 0 Å². The van der Waals surface area contributed by atoms with Crippen LogP contribution in [0.5, 0.6) is 0 Å². The van der Waals surface area contributed by atoms with Gasteiger partial charge in [-0.1, -0.05) is 0 Å². The van der Waals surface area contributed by atoms with Crippen molar-refractivity contribution in [3.63, 3.8) is 0 Å². The molecule has 2 heteroatoms. The Balaban J connectivity index is 2.00. The number of rotatable bonds is 2. The Morgan fingerprint density at radius 3 is 2.50 bits per heavy atom. The molecular weight excluding hydrogens is 80.0 g/mol. The molecule has 0 heterocycles. The van der Waals surface area contributed by atoms with Crippen molar-refractivity contribution < 1.29 is 9.53 Å². The van der Waals surface area contributed by atoms with Gasteiger partial charge in [0, 0.05) is 0 Å². The van der Waals surface area contributed by atoms with Gasteiger partial charge in [0.05, 0.1) is 0 Å². The van der Waals surface area contributed by atoms with E-state index in [-0.39, 0.29) is 0 Å². The zero-order valence-corrected chi connectivity index (χ0v) is 3.23. The lowest BCUT2D eigenvalue weighted by Gasteiger charge is -1.79. The molecular formula is C4H4O2. The molecule has 0 aliphatic heterocycles. The van der Waals surface area contributed by atoms with Crippen LogP contribution in [0.25, 0.3) is 0 Å². The van der Waals surface area contributed by atoms with E-state index in [0.717, 1.165) is 18.9 Å². The maximum Gasteiger partial charge on any atom is 0.418 e. The van der Waals surface area contributed by atoms with Crippen molar-refractivity contribution in [2.45, 2.75) is 12.8 Å². The molecule has 0 unspecified atom stereocenters. The zero-order valence-electron chi connectivity index (χ0n) is 3.23. The van der Waals surface area contributed by atoms with Crippen LogP contribution in [0, 0.1) is 6.10 Å². The smallest absolute Gasteiger partial charge is 0.418 e. The van der Waals surface area contributed by atoms with E-state index in [1.54, 1.807) is 0 Å². The highest BCUT2D eigenvalue weighted by molar-refractivity contribution is 5.41. The first kappa shape index (κ1) is 3.65. The third kappa shape index (κ3) is 0.708. The molecule has 1 fully saturated rings. The molecule has 0 amide bonds. The van der Waals surface area contributed by atoms with E-state index in [1.807, 2.05) is 0 Å². The summed E-state index contributed by atoms with van der Waals surface area (Å²) in [6.45, 7) is 1.34. The van der Waals surface area contributed by atoms with Gasteiger partial charge in [0.15, 0.2) is 6.10 Å². The minimum Gasteiger partial charge on any atom is -0.446 e. The molecule has 1 aliphatic rings. The molecule has 2 nitrogen and oxygen atoms in total. The molecule has 2 radical (unpaired) electrons. The average molecular weight is 84.1 g/mol. The monoisotopic (exact) mass is 84.0 g/mol. The molecule has 0 atom stereocenters. The van der Waals surface area contributed by atoms with E-state index >= 15 is 0 Å². The van der Waals surface area contributed by atoms with Crippen molar-refractivity contribution in [2.75, 3.05) is 0 Å². The van der Waals surface area contributed by atoms with E-state index in [9.17, 15) is 4.79 Å². The van der Waals surface area contributed by atoms with Crippen LogP contribution in [0.15, 0.2) is 0 Å². The van der Waals surface area contributed by atoms with Crippen LogP contribution < -0.4 is 0 Å². The van der Waals surface area contributed by atoms with E-state index in [1.165, 1.54) is 6.47 Å². The summed E-state index contributed by atoms with van der Waals surface area (Å²) in [5, 5.41) is 0. The third-order valence-electron chi connectivity index (χ3n) is 0.640. The quantitative estimate of drug-likeness (QED) is 0.484. The lowest BCUT2D eigenvalue weighted by atomic mass is 10.8. The van der Waals surface area contributed by atoms with Gasteiger partial charge in [0.1, 0.15) is 0 Å². The molecule has 0 bridgehead atoms. The second-order valence-electron chi connectivity index (χ2n) is 1.22. The van der Waals surface area contributed by atoms with Gasteiger partial charge in [-0.15, -0.1) is 0 Å². The molecule has 0 N–H and O–H groups in total. The summed E-state index contributed by atoms with van der Waals surface area (Å²) in [4.78, 5) is 9.29. The molecule has 1 aliphatic carbocycles. The normalized spacial score (nSPS) is 20.0. The first-order valence-electron chi connectivity index (χ1n) is 1.82. The number of hydrogen-bond donors (Lipinski definition) is 0. The first-order chi connectivity index (χ1) is 2.93. The van der Waals surface area contributed by atoms with Crippen LogP contribution in [0.2, 0.25) is 0 Å². The summed E-state index contributed by atoms with van der Waals surface area (Å²) < 4.78 is 4.26. The molecule has 1 saturated carbocycles. The summed E-state index contributed by atoms with van der Waals surface area (Å²) in [5.74, 6) is 0. The summed E-state index contributed by atoms with van der Waals surface area (Å²) in [7, 11) is 0. The van der Waals surface area contributed by atoms with Gasteiger partial charge in [-0.05, 0) is 12.8 Å². The Morgan fingerprint density at radius 1 is 1.67 bits per heavy atom. The van der Waals surface area contributed by atoms with E-state index in [2.05, 4.69) is 4.74 Å². The van der Waals surface area contributed by atoms with Crippen LogP contribution in [0.1, 0.15) is 12.8 Å². The summed E-state index contributed by atoms with van der Waals surface area (Å²) in [6, 6.07) is 0. The Kier molecular flexibility index (Phi) is 0.783. The minimum absolute atomic E-state index is 0.866. The summed E-state index contributed by atoms with van der Waals surface area (Å²) in [6.07, 6.45) is 2.77. The lowest BCUT2D eigenvalue weighted by molar-refractivity contribution is 0.338. The Hall–Kier alpha value is -0.530. The van der Waals surface area contributed by atoms with Crippen LogP contribution in [-0.2, 0) is 9.53 Å². The fourth-order valence-corrected chi connectivity index (χ4v) is 0.212. The number of ether oxygens (including phenoxy) is 1. The molecule has 0 aromatic carbocycles. The van der Waals surface area contributed by atoms with Crippen LogP contribution in [0.4, 0.5) is 0 Å². The lowest BCUT2D eigenvalue weighted by Crippen LogP contribution is -1.77. The molecule has 1 rings (SSSR count). The Bertz CT molecular complexity index is 56.6. The van der Waals surface area contributed by atoms with Crippen LogP contribution >= 0.6 is 0 Å². The van der Waals surface area contributed by atoms with Crippen molar-refractivity contribution in [2.24, 2.45) is 0 Å². The summed E-state index contributed by atoms with van der Waals surface area (Å²) in [5.41, 5.74) is 0. The highest BCUT2D eigenvalue weighted by Gasteiger charge is 2.24. The molecule has 0 aromatic heterocycles. The van der Waals surface area contributed by atoms with Gasteiger partial charge in [0.2, 0.25) is 0 Å². The zero-order chi connectivity index (χ0) is 4.41. The van der Waals surface area contributed by atoms with Gasteiger partial charge < -0.3 is 4.74 Å². The Labute approximate surface area is 36.1 Å². The van der Waals surface area contributed by atoms with Gasteiger partial charge in [0.25, 0.3) is 0 Å².